The van der Waals surface area contributed by atoms with Gasteiger partial charge in [0.15, 0.2) is 16.7 Å². The first kappa shape index (κ1) is 15.2. The second kappa shape index (κ2) is 6.29. The molecule has 4 aromatic rings. The van der Waals surface area contributed by atoms with Crippen LogP contribution in [0.4, 0.5) is 15.2 Å². The van der Waals surface area contributed by atoms with Crippen LogP contribution in [-0.2, 0) is 0 Å². The molecule has 25 heavy (non-hydrogen) atoms. The van der Waals surface area contributed by atoms with Crippen molar-refractivity contribution in [3.05, 3.63) is 53.7 Å². The Morgan fingerprint density at radius 3 is 2.84 bits per heavy atom. The summed E-state index contributed by atoms with van der Waals surface area (Å²) >= 11 is 1.40. The molecule has 0 saturated heterocycles. The van der Waals surface area contributed by atoms with Gasteiger partial charge in [0, 0.05) is 22.2 Å². The van der Waals surface area contributed by atoms with Crippen LogP contribution in [0.2, 0.25) is 0 Å². The van der Waals surface area contributed by atoms with Gasteiger partial charge in [-0.3, -0.25) is 0 Å². The smallest absolute Gasteiger partial charge is 0.204 e. The van der Waals surface area contributed by atoms with Crippen molar-refractivity contribution >= 4 is 22.2 Å². The van der Waals surface area contributed by atoms with Crippen LogP contribution in [0.1, 0.15) is 0 Å². The van der Waals surface area contributed by atoms with Gasteiger partial charge in [-0.1, -0.05) is 12.1 Å². The minimum absolute atomic E-state index is 0.379. The number of benzene rings is 2. The molecule has 7 nitrogen and oxygen atoms in total. The molecule has 3 N–H and O–H groups in total. The van der Waals surface area contributed by atoms with E-state index in [9.17, 15) is 9.50 Å². The standard InChI is InChI=1S/C16H11FN6OS/c17-12-7-9(4-5-14(12)24)13-8-25-16(19-13)18-11-3-1-2-10(6-11)15-20-22-23-21-15/h1-8,24H,(H,18,19)(H,20,21,22,23). The van der Waals surface area contributed by atoms with Gasteiger partial charge in [-0.15, -0.1) is 21.5 Å². The number of aromatic nitrogens is 5. The van der Waals surface area contributed by atoms with Gasteiger partial charge >= 0.3 is 0 Å². The Hall–Kier alpha value is -3.33. The molecule has 0 saturated carbocycles. The average molecular weight is 354 g/mol. The van der Waals surface area contributed by atoms with Gasteiger partial charge in [0.25, 0.3) is 0 Å². The second-order valence-electron chi connectivity index (χ2n) is 5.15. The summed E-state index contributed by atoms with van der Waals surface area (Å²) in [4.78, 5) is 4.45. The van der Waals surface area contributed by atoms with Gasteiger partial charge in [-0.25, -0.2) is 9.37 Å². The van der Waals surface area contributed by atoms with E-state index in [0.29, 0.717) is 22.2 Å². The molecule has 2 aromatic heterocycles. The van der Waals surface area contributed by atoms with Crippen molar-refractivity contribution in [2.24, 2.45) is 0 Å². The molecule has 0 spiro atoms. The fourth-order valence-electron chi connectivity index (χ4n) is 2.27. The maximum atomic E-state index is 13.5. The number of nitrogens with one attached hydrogen (secondary N) is 2. The zero-order chi connectivity index (χ0) is 17.2. The lowest BCUT2D eigenvalue weighted by Crippen LogP contribution is -1.91. The number of nitrogens with zero attached hydrogens (tertiary/aromatic N) is 4. The van der Waals surface area contributed by atoms with E-state index in [1.165, 1.54) is 23.5 Å². The van der Waals surface area contributed by atoms with Crippen molar-refractivity contribution in [3.8, 4) is 28.4 Å². The summed E-state index contributed by atoms with van der Waals surface area (Å²) < 4.78 is 13.5. The number of rotatable bonds is 4. The summed E-state index contributed by atoms with van der Waals surface area (Å²) in [5.41, 5.74) is 2.86. The molecule has 9 heteroatoms. The van der Waals surface area contributed by atoms with Crippen LogP contribution in [0.25, 0.3) is 22.6 Å². The number of H-pyrrole nitrogens is 1. The number of hydrogen-bond acceptors (Lipinski definition) is 7. The Kier molecular flexibility index (Phi) is 3.82. The highest BCUT2D eigenvalue weighted by Crippen LogP contribution is 2.30. The first-order chi connectivity index (χ1) is 12.2. The van der Waals surface area contributed by atoms with Crippen LogP contribution in [0.3, 0.4) is 0 Å². The highest BCUT2D eigenvalue weighted by Gasteiger charge is 2.09. The number of phenolic OH excluding ortho intramolecular Hbond substituents is 1. The predicted octanol–water partition coefficient (Wildman–Crippen LogP) is 3.58. The van der Waals surface area contributed by atoms with Gasteiger partial charge in [0.1, 0.15) is 0 Å². The van der Waals surface area contributed by atoms with Crippen molar-refractivity contribution in [1.82, 2.24) is 25.6 Å². The van der Waals surface area contributed by atoms with E-state index >= 15 is 0 Å². The summed E-state index contributed by atoms with van der Waals surface area (Å²) in [6.45, 7) is 0. The molecule has 0 radical (unpaired) electrons. The van der Waals surface area contributed by atoms with Gasteiger partial charge < -0.3 is 10.4 Å². The number of hydrogen-bond donors (Lipinski definition) is 3. The lowest BCUT2D eigenvalue weighted by molar-refractivity contribution is 0.432. The Bertz CT molecular complexity index is 1020. The second-order valence-corrected chi connectivity index (χ2v) is 6.00. The molecule has 0 aliphatic carbocycles. The van der Waals surface area contributed by atoms with E-state index in [1.807, 2.05) is 29.6 Å². The van der Waals surface area contributed by atoms with E-state index in [4.69, 9.17) is 0 Å². The number of phenols is 1. The van der Waals surface area contributed by atoms with E-state index < -0.39 is 5.82 Å². The van der Waals surface area contributed by atoms with Gasteiger partial charge in [-0.2, -0.15) is 5.21 Å². The topological polar surface area (TPSA) is 99.6 Å². The summed E-state index contributed by atoms with van der Waals surface area (Å²) in [5.74, 6) is -0.550. The molecule has 0 amide bonds. The van der Waals surface area contributed by atoms with Crippen molar-refractivity contribution < 1.29 is 9.50 Å². The summed E-state index contributed by atoms with van der Waals surface area (Å²) in [7, 11) is 0. The fraction of sp³-hybridized carbons (Fsp3) is 0. The monoisotopic (exact) mass is 354 g/mol. The van der Waals surface area contributed by atoms with Gasteiger partial charge in [-0.05, 0) is 35.5 Å². The van der Waals surface area contributed by atoms with Crippen LogP contribution in [0, 0.1) is 5.82 Å². The molecule has 2 aromatic carbocycles. The minimum Gasteiger partial charge on any atom is -0.505 e. The third-order valence-electron chi connectivity index (χ3n) is 3.47. The van der Waals surface area contributed by atoms with Crippen molar-refractivity contribution in [2.45, 2.75) is 0 Å². The highest BCUT2D eigenvalue weighted by atomic mass is 32.1. The predicted molar refractivity (Wildman–Crippen MR) is 92.1 cm³/mol. The third-order valence-corrected chi connectivity index (χ3v) is 4.22. The molecule has 0 fully saturated rings. The Morgan fingerprint density at radius 2 is 2.04 bits per heavy atom. The van der Waals surface area contributed by atoms with Crippen LogP contribution in [0.15, 0.2) is 47.8 Å². The van der Waals surface area contributed by atoms with Crippen molar-refractivity contribution in [3.63, 3.8) is 0 Å². The number of anilines is 2. The molecular formula is C16H11FN6OS. The lowest BCUT2D eigenvalue weighted by atomic mass is 10.1. The Morgan fingerprint density at radius 1 is 1.12 bits per heavy atom. The van der Waals surface area contributed by atoms with Crippen LogP contribution in [0.5, 0.6) is 5.75 Å². The number of halogens is 1. The first-order valence-corrected chi connectivity index (χ1v) is 8.12. The Labute approximate surface area is 145 Å². The average Bonchev–Trinajstić information content (AvgIpc) is 3.29. The zero-order valence-electron chi connectivity index (χ0n) is 12.6. The number of aromatic amines is 1. The van der Waals surface area contributed by atoms with Crippen molar-refractivity contribution in [1.29, 1.82) is 0 Å². The largest absolute Gasteiger partial charge is 0.505 e. The maximum absolute atomic E-state index is 13.5. The zero-order valence-corrected chi connectivity index (χ0v) is 13.5. The fourth-order valence-corrected chi connectivity index (χ4v) is 3.01. The molecule has 4 rings (SSSR count). The summed E-state index contributed by atoms with van der Waals surface area (Å²) in [6, 6.07) is 11.7. The molecular weight excluding hydrogens is 343 g/mol. The molecule has 124 valence electrons. The van der Waals surface area contributed by atoms with Crippen LogP contribution in [-0.4, -0.2) is 30.7 Å². The number of tetrazole rings is 1. The van der Waals surface area contributed by atoms with Gasteiger partial charge in [0.2, 0.25) is 5.82 Å². The van der Waals surface area contributed by atoms with Crippen LogP contribution < -0.4 is 5.32 Å². The number of thiazole rings is 1. The first-order valence-electron chi connectivity index (χ1n) is 7.24. The van der Waals surface area contributed by atoms with Gasteiger partial charge in [0.05, 0.1) is 5.69 Å². The highest BCUT2D eigenvalue weighted by molar-refractivity contribution is 7.14. The SMILES string of the molecule is Oc1ccc(-c2csc(Nc3cccc(-c4nn[nH]n4)c3)n2)cc1F. The maximum Gasteiger partial charge on any atom is 0.204 e. The Balaban J connectivity index is 1.57. The summed E-state index contributed by atoms with van der Waals surface area (Å²) in [6.07, 6.45) is 0. The molecule has 2 heterocycles. The summed E-state index contributed by atoms with van der Waals surface area (Å²) in [5, 5.41) is 28.8. The minimum atomic E-state index is -0.673. The van der Waals surface area contributed by atoms with Crippen molar-refractivity contribution in [2.75, 3.05) is 5.32 Å². The molecule has 0 bridgehead atoms. The van der Waals surface area contributed by atoms with E-state index in [2.05, 4.69) is 30.9 Å². The third kappa shape index (κ3) is 3.17. The quantitative estimate of drug-likeness (QED) is 0.518. The van der Waals surface area contributed by atoms with E-state index in [-0.39, 0.29) is 5.75 Å². The molecule has 0 aliphatic heterocycles. The lowest BCUT2D eigenvalue weighted by Gasteiger charge is -2.04. The number of aromatic hydroxyl groups is 1. The van der Waals surface area contributed by atoms with E-state index in [1.54, 1.807) is 6.07 Å². The van der Waals surface area contributed by atoms with Crippen LogP contribution >= 0.6 is 11.3 Å². The molecule has 0 aliphatic rings. The molecule has 0 unspecified atom stereocenters. The molecule has 0 atom stereocenters. The van der Waals surface area contributed by atoms with E-state index in [0.717, 1.165) is 11.3 Å². The normalized spacial score (nSPS) is 10.8.